The molecule has 1 aromatic carbocycles. The van der Waals surface area contributed by atoms with Gasteiger partial charge in [0.05, 0.1) is 19.4 Å². The van der Waals surface area contributed by atoms with Gasteiger partial charge in [-0.15, -0.1) is 0 Å². The summed E-state index contributed by atoms with van der Waals surface area (Å²) in [5.41, 5.74) is 3.60. The number of hydrogen-bond acceptors (Lipinski definition) is 4. The molecule has 112 valence electrons. The van der Waals surface area contributed by atoms with Crippen molar-refractivity contribution in [3.05, 3.63) is 42.2 Å². The number of benzene rings is 1. The minimum Gasteiger partial charge on any atom is -0.381 e. The third-order valence-corrected chi connectivity index (χ3v) is 3.75. The van der Waals surface area contributed by atoms with Crippen molar-refractivity contribution >= 4 is 11.4 Å². The molecule has 1 N–H and O–H groups in total. The quantitative estimate of drug-likeness (QED) is 0.916. The van der Waals surface area contributed by atoms with Gasteiger partial charge in [0, 0.05) is 49.3 Å². The van der Waals surface area contributed by atoms with Crippen LogP contribution in [0.4, 0.5) is 11.4 Å². The van der Waals surface area contributed by atoms with Crippen molar-refractivity contribution in [2.24, 2.45) is 0 Å². The molecule has 1 fully saturated rings. The Hall–Kier alpha value is -2.01. The number of anilines is 2. The van der Waals surface area contributed by atoms with E-state index in [1.54, 1.807) is 0 Å². The summed E-state index contributed by atoms with van der Waals surface area (Å²) >= 11 is 0. The molecule has 2 heterocycles. The average Bonchev–Trinajstić information content (AvgIpc) is 3.02. The van der Waals surface area contributed by atoms with Crippen molar-refractivity contribution < 1.29 is 4.74 Å². The molecule has 0 aliphatic carbocycles. The van der Waals surface area contributed by atoms with Gasteiger partial charge < -0.3 is 15.0 Å². The number of aromatic nitrogens is 2. The number of rotatable bonds is 5. The molecule has 1 aromatic heterocycles. The van der Waals surface area contributed by atoms with Gasteiger partial charge in [-0.25, -0.2) is 0 Å². The van der Waals surface area contributed by atoms with Gasteiger partial charge >= 0.3 is 0 Å². The first-order valence-corrected chi connectivity index (χ1v) is 7.53. The third kappa shape index (κ3) is 3.55. The van der Waals surface area contributed by atoms with Crippen LogP contribution in [0.3, 0.4) is 0 Å². The largest absolute Gasteiger partial charge is 0.381 e. The normalized spacial score (nSPS) is 15.2. The van der Waals surface area contributed by atoms with Gasteiger partial charge in [0.25, 0.3) is 0 Å². The molecule has 0 spiro atoms. The van der Waals surface area contributed by atoms with Gasteiger partial charge in [0.2, 0.25) is 0 Å². The maximum absolute atomic E-state index is 5.38. The van der Waals surface area contributed by atoms with Crippen LogP contribution in [0.5, 0.6) is 0 Å². The molecular weight excluding hydrogens is 264 g/mol. The SMILES string of the molecule is CCn1cc(CNc2ccc(N3CCOCC3)cc2)cn1. The topological polar surface area (TPSA) is 42.3 Å². The summed E-state index contributed by atoms with van der Waals surface area (Å²) in [6.07, 6.45) is 3.99. The molecule has 5 nitrogen and oxygen atoms in total. The Balaban J connectivity index is 1.56. The van der Waals surface area contributed by atoms with Crippen molar-refractivity contribution in [1.29, 1.82) is 0 Å². The van der Waals surface area contributed by atoms with Crippen LogP contribution in [0, 0.1) is 0 Å². The predicted octanol–water partition coefficient (Wildman–Crippen LogP) is 2.35. The van der Waals surface area contributed by atoms with Gasteiger partial charge in [0.15, 0.2) is 0 Å². The molecule has 2 aromatic rings. The number of ether oxygens (including phenoxy) is 1. The second kappa shape index (κ2) is 6.63. The summed E-state index contributed by atoms with van der Waals surface area (Å²) in [5.74, 6) is 0. The summed E-state index contributed by atoms with van der Waals surface area (Å²) in [7, 11) is 0. The highest BCUT2D eigenvalue weighted by atomic mass is 16.5. The lowest BCUT2D eigenvalue weighted by atomic mass is 10.2. The molecular formula is C16H22N4O. The Bertz CT molecular complexity index is 558. The van der Waals surface area contributed by atoms with Crippen LogP contribution >= 0.6 is 0 Å². The molecule has 0 bridgehead atoms. The van der Waals surface area contributed by atoms with Gasteiger partial charge in [-0.2, -0.15) is 5.10 Å². The van der Waals surface area contributed by atoms with Crippen LogP contribution in [-0.2, 0) is 17.8 Å². The van der Waals surface area contributed by atoms with E-state index in [2.05, 4.69) is 52.7 Å². The van der Waals surface area contributed by atoms with E-state index in [0.717, 1.165) is 45.1 Å². The first-order valence-electron chi connectivity index (χ1n) is 7.53. The molecule has 0 unspecified atom stereocenters. The zero-order valence-corrected chi connectivity index (χ0v) is 12.5. The molecule has 1 aliphatic heterocycles. The van der Waals surface area contributed by atoms with Crippen molar-refractivity contribution in [2.45, 2.75) is 20.0 Å². The van der Waals surface area contributed by atoms with E-state index in [-0.39, 0.29) is 0 Å². The van der Waals surface area contributed by atoms with Crippen molar-refractivity contribution in [2.75, 3.05) is 36.5 Å². The summed E-state index contributed by atoms with van der Waals surface area (Å²) < 4.78 is 7.32. The van der Waals surface area contributed by atoms with E-state index in [4.69, 9.17) is 4.74 Å². The molecule has 3 rings (SSSR count). The molecule has 5 heteroatoms. The first-order chi connectivity index (χ1) is 10.3. The highest BCUT2D eigenvalue weighted by molar-refractivity contribution is 5.55. The van der Waals surface area contributed by atoms with Crippen LogP contribution in [0.1, 0.15) is 12.5 Å². The molecule has 0 saturated carbocycles. The molecule has 0 amide bonds. The van der Waals surface area contributed by atoms with Crippen LogP contribution < -0.4 is 10.2 Å². The average molecular weight is 286 g/mol. The first kappa shape index (κ1) is 13.9. The monoisotopic (exact) mass is 286 g/mol. The van der Waals surface area contributed by atoms with Gasteiger partial charge in [-0.05, 0) is 31.2 Å². The van der Waals surface area contributed by atoms with Crippen molar-refractivity contribution in [3.8, 4) is 0 Å². The van der Waals surface area contributed by atoms with E-state index in [9.17, 15) is 0 Å². The van der Waals surface area contributed by atoms with Crippen molar-refractivity contribution in [1.82, 2.24) is 9.78 Å². The van der Waals surface area contributed by atoms with E-state index >= 15 is 0 Å². The second-order valence-electron chi connectivity index (χ2n) is 5.20. The van der Waals surface area contributed by atoms with Crippen LogP contribution in [0.25, 0.3) is 0 Å². The Labute approximate surface area is 125 Å². The van der Waals surface area contributed by atoms with Crippen LogP contribution in [0.15, 0.2) is 36.7 Å². The van der Waals surface area contributed by atoms with E-state index in [1.807, 2.05) is 10.9 Å². The number of morpholine rings is 1. The van der Waals surface area contributed by atoms with Gasteiger partial charge in [-0.3, -0.25) is 4.68 Å². The summed E-state index contributed by atoms with van der Waals surface area (Å²) in [6, 6.07) is 8.61. The fourth-order valence-electron chi connectivity index (χ4n) is 2.49. The lowest BCUT2D eigenvalue weighted by Crippen LogP contribution is -2.36. The Morgan fingerprint density at radius 1 is 1.19 bits per heavy atom. The standard InChI is InChI=1S/C16H22N4O/c1-2-20-13-14(12-18-20)11-17-15-3-5-16(6-4-15)19-7-9-21-10-8-19/h3-6,12-13,17H,2,7-11H2,1H3. The zero-order valence-electron chi connectivity index (χ0n) is 12.5. The van der Waals surface area contributed by atoms with Crippen LogP contribution in [0.2, 0.25) is 0 Å². The maximum atomic E-state index is 5.38. The zero-order chi connectivity index (χ0) is 14.5. The van der Waals surface area contributed by atoms with Gasteiger partial charge in [0.1, 0.15) is 0 Å². The number of nitrogens with one attached hydrogen (secondary N) is 1. The van der Waals surface area contributed by atoms with Crippen molar-refractivity contribution in [3.63, 3.8) is 0 Å². The van der Waals surface area contributed by atoms with Gasteiger partial charge in [-0.1, -0.05) is 0 Å². The number of hydrogen-bond donors (Lipinski definition) is 1. The van der Waals surface area contributed by atoms with E-state index < -0.39 is 0 Å². The Morgan fingerprint density at radius 2 is 1.95 bits per heavy atom. The lowest BCUT2D eigenvalue weighted by Gasteiger charge is -2.28. The maximum Gasteiger partial charge on any atom is 0.0642 e. The van der Waals surface area contributed by atoms with E-state index in [0.29, 0.717) is 0 Å². The fraction of sp³-hybridized carbons (Fsp3) is 0.438. The predicted molar refractivity (Wildman–Crippen MR) is 84.7 cm³/mol. The molecule has 1 aliphatic rings. The highest BCUT2D eigenvalue weighted by Gasteiger charge is 2.10. The minimum atomic E-state index is 0.802. The molecule has 21 heavy (non-hydrogen) atoms. The van der Waals surface area contributed by atoms with Crippen LogP contribution in [-0.4, -0.2) is 36.1 Å². The molecule has 0 radical (unpaired) electrons. The molecule has 0 atom stereocenters. The summed E-state index contributed by atoms with van der Waals surface area (Å²) in [4.78, 5) is 2.36. The minimum absolute atomic E-state index is 0.802. The molecule has 1 saturated heterocycles. The van der Waals surface area contributed by atoms with E-state index in [1.165, 1.54) is 11.3 Å². The Kier molecular flexibility index (Phi) is 4.40. The Morgan fingerprint density at radius 3 is 2.62 bits per heavy atom. The highest BCUT2D eigenvalue weighted by Crippen LogP contribution is 2.19. The lowest BCUT2D eigenvalue weighted by molar-refractivity contribution is 0.122. The fourth-order valence-corrected chi connectivity index (χ4v) is 2.49. The number of aryl methyl sites for hydroxylation is 1. The smallest absolute Gasteiger partial charge is 0.0642 e. The summed E-state index contributed by atoms with van der Waals surface area (Å²) in [6.45, 7) is 7.40. The second-order valence-corrected chi connectivity index (χ2v) is 5.20. The summed E-state index contributed by atoms with van der Waals surface area (Å²) in [5, 5.41) is 7.71. The third-order valence-electron chi connectivity index (χ3n) is 3.75. The number of nitrogens with zero attached hydrogens (tertiary/aromatic N) is 3.